The summed E-state index contributed by atoms with van der Waals surface area (Å²) in [7, 11) is -4.20. The van der Waals surface area contributed by atoms with E-state index in [1.807, 2.05) is 0 Å². The van der Waals surface area contributed by atoms with Gasteiger partial charge < -0.3 is 5.73 Å². The number of carbonyl (C=O) groups excluding carboxylic acids is 1. The van der Waals surface area contributed by atoms with Crippen LogP contribution in [0.15, 0.2) is 12.1 Å². The van der Waals surface area contributed by atoms with Crippen molar-refractivity contribution in [3.8, 4) is 6.07 Å². The molecule has 3 rings (SSSR count). The first-order valence-corrected chi connectivity index (χ1v) is 11.4. The topological polar surface area (TPSA) is 113 Å². The molecular weight excluding hydrogens is 464 g/mol. The molecular formula is C19H19F6N3O3S. The molecule has 0 heterocycles. The maximum atomic E-state index is 14.3. The van der Waals surface area contributed by atoms with E-state index in [0.717, 1.165) is 0 Å². The Morgan fingerprint density at radius 1 is 1.22 bits per heavy atom. The number of nitrogens with zero attached hydrogens (tertiary/aromatic N) is 1. The van der Waals surface area contributed by atoms with E-state index in [2.05, 4.69) is 0 Å². The van der Waals surface area contributed by atoms with Crippen molar-refractivity contribution in [2.45, 2.75) is 43.4 Å². The average Bonchev–Trinajstić information content (AvgIpc) is 3.53. The number of hydrogen-bond donors (Lipinski definition) is 2. The maximum Gasteiger partial charge on any atom is 0.408 e. The number of nitriles is 1. The van der Waals surface area contributed by atoms with Gasteiger partial charge in [-0.3, -0.25) is 10.1 Å². The van der Waals surface area contributed by atoms with Crippen molar-refractivity contribution < 1.29 is 39.6 Å². The number of amides is 1. The second kappa shape index (κ2) is 7.91. The third kappa shape index (κ3) is 4.56. The van der Waals surface area contributed by atoms with Gasteiger partial charge in [-0.1, -0.05) is 0 Å². The number of nitrogens with one attached hydrogen (secondary N) is 1. The molecule has 6 nitrogen and oxygen atoms in total. The zero-order valence-electron chi connectivity index (χ0n) is 16.5. The molecule has 0 unspecified atom stereocenters. The molecule has 1 aromatic carbocycles. The number of alkyl halides is 3. The third-order valence-electron chi connectivity index (χ3n) is 5.88. The van der Waals surface area contributed by atoms with Crippen LogP contribution < -0.4 is 11.1 Å². The number of hydrogen-bond acceptors (Lipinski definition) is 5. The minimum Gasteiger partial charge on any atom is -0.368 e. The monoisotopic (exact) mass is 483 g/mol. The summed E-state index contributed by atoms with van der Waals surface area (Å²) in [4.78, 5) is 12.5. The largest absolute Gasteiger partial charge is 0.408 e. The van der Waals surface area contributed by atoms with Crippen molar-refractivity contribution in [2.75, 3.05) is 11.5 Å². The molecule has 2 saturated carbocycles. The molecule has 0 aromatic heterocycles. The van der Waals surface area contributed by atoms with Crippen molar-refractivity contribution in [1.82, 2.24) is 5.32 Å². The Balaban J connectivity index is 2.15. The summed E-state index contributed by atoms with van der Waals surface area (Å²) in [5.74, 6) is -8.77. The minimum absolute atomic E-state index is 0.0196. The molecule has 0 aliphatic heterocycles. The molecule has 176 valence electrons. The lowest BCUT2D eigenvalue weighted by molar-refractivity contribution is -0.167. The lowest BCUT2D eigenvalue weighted by Gasteiger charge is -2.39. The van der Waals surface area contributed by atoms with Crippen LogP contribution in [-0.2, 0) is 14.6 Å². The highest BCUT2D eigenvalue weighted by Crippen LogP contribution is 2.56. The Labute approximate surface area is 179 Å². The fourth-order valence-electron chi connectivity index (χ4n) is 3.88. The molecule has 2 aliphatic carbocycles. The van der Waals surface area contributed by atoms with Crippen molar-refractivity contribution in [1.29, 1.82) is 5.26 Å². The predicted molar refractivity (Wildman–Crippen MR) is 98.8 cm³/mol. The molecule has 2 atom stereocenters. The lowest BCUT2D eigenvalue weighted by Crippen LogP contribution is -2.67. The van der Waals surface area contributed by atoms with Crippen LogP contribution in [0.1, 0.15) is 37.3 Å². The summed E-state index contributed by atoms with van der Waals surface area (Å²) < 4.78 is 109. The van der Waals surface area contributed by atoms with E-state index in [9.17, 15) is 44.8 Å². The highest BCUT2D eigenvalue weighted by atomic mass is 32.2. The van der Waals surface area contributed by atoms with Gasteiger partial charge in [-0.25, -0.2) is 21.6 Å². The molecule has 3 N–H and O–H groups in total. The van der Waals surface area contributed by atoms with Crippen LogP contribution in [0.2, 0.25) is 0 Å². The molecule has 0 saturated heterocycles. The summed E-state index contributed by atoms with van der Waals surface area (Å²) in [5.41, 5.74) is -1.02. The Hall–Kier alpha value is -2.33. The van der Waals surface area contributed by atoms with Gasteiger partial charge in [0.2, 0.25) is 5.91 Å². The molecule has 1 aromatic rings. The average molecular weight is 483 g/mol. The zero-order valence-corrected chi connectivity index (χ0v) is 17.3. The highest BCUT2D eigenvalue weighted by molar-refractivity contribution is 7.91. The standard InChI is InChI=1S/C19H19F6N3O3S/c20-11-5-12(21)14(13(22)6-11)15(19(23,24)25)28-18(16(27)29,17(8-26)3-4-17)9-32(30,31)7-10-1-2-10/h5-6,10,15,28H,1-4,7,9H2,(H2,27,29)/t15-,18-/m0/s1. The van der Waals surface area contributed by atoms with E-state index in [1.165, 1.54) is 0 Å². The Morgan fingerprint density at radius 3 is 2.12 bits per heavy atom. The second-order valence-electron chi connectivity index (χ2n) is 8.36. The van der Waals surface area contributed by atoms with Crippen molar-refractivity contribution in [3.05, 3.63) is 35.1 Å². The van der Waals surface area contributed by atoms with E-state index in [4.69, 9.17) is 5.73 Å². The second-order valence-corrected chi connectivity index (χ2v) is 10.5. The van der Waals surface area contributed by atoms with Crippen molar-refractivity contribution >= 4 is 15.7 Å². The van der Waals surface area contributed by atoms with Crippen LogP contribution in [0.4, 0.5) is 26.3 Å². The van der Waals surface area contributed by atoms with E-state index >= 15 is 0 Å². The third-order valence-corrected chi connectivity index (χ3v) is 7.73. The number of carbonyl (C=O) groups is 1. The highest BCUT2D eigenvalue weighted by Gasteiger charge is 2.67. The number of benzene rings is 1. The van der Waals surface area contributed by atoms with Gasteiger partial charge in [-0.2, -0.15) is 18.4 Å². The molecule has 0 bridgehead atoms. The van der Waals surface area contributed by atoms with E-state index < -0.39 is 73.4 Å². The number of primary amides is 1. The van der Waals surface area contributed by atoms with Gasteiger partial charge in [0.05, 0.1) is 23.0 Å². The Morgan fingerprint density at radius 2 is 1.75 bits per heavy atom. The normalized spacial score (nSPS) is 20.8. The fourth-order valence-corrected chi connectivity index (χ4v) is 6.21. The quantitative estimate of drug-likeness (QED) is 0.525. The number of rotatable bonds is 9. The first-order chi connectivity index (χ1) is 14.7. The first kappa shape index (κ1) is 24.3. The minimum atomic E-state index is -5.47. The summed E-state index contributed by atoms with van der Waals surface area (Å²) in [6, 6.07) is -1.57. The lowest BCUT2D eigenvalue weighted by atomic mass is 9.81. The van der Waals surface area contributed by atoms with Gasteiger partial charge in [0, 0.05) is 17.7 Å². The van der Waals surface area contributed by atoms with E-state index in [-0.39, 0.29) is 30.9 Å². The molecule has 32 heavy (non-hydrogen) atoms. The summed E-state index contributed by atoms with van der Waals surface area (Å²) in [6.07, 6.45) is -4.62. The predicted octanol–water partition coefficient (Wildman–Crippen LogP) is 2.65. The molecule has 0 radical (unpaired) electrons. The van der Waals surface area contributed by atoms with Gasteiger partial charge in [0.15, 0.2) is 9.84 Å². The Kier molecular flexibility index (Phi) is 6.01. The van der Waals surface area contributed by atoms with Crippen LogP contribution in [0.3, 0.4) is 0 Å². The van der Waals surface area contributed by atoms with Gasteiger partial charge in [-0.05, 0) is 31.6 Å². The molecule has 2 fully saturated rings. The van der Waals surface area contributed by atoms with Crippen molar-refractivity contribution in [3.63, 3.8) is 0 Å². The van der Waals surface area contributed by atoms with Gasteiger partial charge in [0.25, 0.3) is 0 Å². The Bertz CT molecular complexity index is 1050. The number of nitrogens with two attached hydrogens (primary N) is 1. The van der Waals surface area contributed by atoms with Crippen LogP contribution in [0.25, 0.3) is 0 Å². The van der Waals surface area contributed by atoms with Gasteiger partial charge >= 0.3 is 6.18 Å². The number of sulfone groups is 1. The molecule has 13 heteroatoms. The fraction of sp³-hybridized carbons (Fsp3) is 0.579. The summed E-state index contributed by atoms with van der Waals surface area (Å²) in [5, 5.41) is 11.3. The van der Waals surface area contributed by atoms with E-state index in [0.29, 0.717) is 12.8 Å². The summed E-state index contributed by atoms with van der Waals surface area (Å²) in [6.45, 7) is 0. The molecule has 0 spiro atoms. The molecule has 1 amide bonds. The number of halogens is 6. The summed E-state index contributed by atoms with van der Waals surface area (Å²) >= 11 is 0. The molecule has 2 aliphatic rings. The van der Waals surface area contributed by atoms with Gasteiger partial charge in [-0.15, -0.1) is 0 Å². The maximum absolute atomic E-state index is 14.3. The van der Waals surface area contributed by atoms with Gasteiger partial charge in [0.1, 0.15) is 29.0 Å². The van der Waals surface area contributed by atoms with Crippen LogP contribution in [0, 0.1) is 40.1 Å². The van der Waals surface area contributed by atoms with Crippen molar-refractivity contribution in [2.24, 2.45) is 17.1 Å². The zero-order chi connectivity index (χ0) is 24.1. The van der Waals surface area contributed by atoms with Crippen LogP contribution in [-0.4, -0.2) is 37.5 Å². The van der Waals surface area contributed by atoms with Crippen LogP contribution in [0.5, 0.6) is 0 Å². The van der Waals surface area contributed by atoms with Crippen LogP contribution >= 0.6 is 0 Å². The smallest absolute Gasteiger partial charge is 0.368 e. The SMILES string of the molecule is N#CC1([C@@](CS(=O)(=O)CC2CC2)(N[C@@H](c2c(F)cc(F)cc2F)C(F)(F)F)C(N)=O)CC1. The first-order valence-electron chi connectivity index (χ1n) is 9.57. The van der Waals surface area contributed by atoms with E-state index in [1.54, 1.807) is 11.4 Å².